The van der Waals surface area contributed by atoms with Gasteiger partial charge in [0.15, 0.2) is 0 Å². The summed E-state index contributed by atoms with van der Waals surface area (Å²) in [6, 6.07) is 0. The Morgan fingerprint density at radius 1 is 1.00 bits per heavy atom. The first kappa shape index (κ1) is 16.2. The summed E-state index contributed by atoms with van der Waals surface area (Å²) in [5.74, 6) is 0. The molecule has 0 aliphatic rings. The lowest BCUT2D eigenvalue weighted by Crippen LogP contribution is -1.66. The van der Waals surface area contributed by atoms with E-state index in [-0.39, 0.29) is 13.6 Å². The predicted octanol–water partition coefficient (Wildman–Crippen LogP) is 2.64. The summed E-state index contributed by atoms with van der Waals surface area (Å²) in [4.78, 5) is 16.2. The van der Waals surface area contributed by atoms with Crippen molar-refractivity contribution in [3.05, 3.63) is 0 Å². The smallest absolute Gasteiger partial charge is 0.186 e. The van der Waals surface area contributed by atoms with Crippen molar-refractivity contribution in [3.63, 3.8) is 0 Å². The maximum Gasteiger partial charge on any atom is 0.373 e. The molecule has 0 fully saturated rings. The Bertz CT molecular complexity index is 59.7. The first-order valence-corrected chi connectivity index (χ1v) is 3.32. The van der Waals surface area contributed by atoms with E-state index >= 15 is 0 Å². The van der Waals surface area contributed by atoms with Gasteiger partial charge in [0.1, 0.15) is 0 Å². The predicted molar refractivity (Wildman–Crippen MR) is 41.6 cm³/mol. The normalized spacial score (nSPS) is 6.20. The van der Waals surface area contributed by atoms with Crippen molar-refractivity contribution in [2.75, 3.05) is 0 Å². The Morgan fingerprint density at radius 3 is 1.30 bits per heavy atom. The third-order valence-electron chi connectivity index (χ3n) is 0.957. The Labute approximate surface area is 63.6 Å². The SMILES string of the molecule is C.CCCCCC.O=C=O. The molecule has 0 radical (unpaired) electrons. The Balaban J connectivity index is -0.000000107. The molecule has 0 saturated carbocycles. The Morgan fingerprint density at radius 2 is 1.20 bits per heavy atom. The topological polar surface area (TPSA) is 34.1 Å². The monoisotopic (exact) mass is 146 g/mol. The summed E-state index contributed by atoms with van der Waals surface area (Å²) < 4.78 is 0. The highest BCUT2D eigenvalue weighted by Crippen LogP contribution is 1.95. The second-order valence-corrected chi connectivity index (χ2v) is 1.79. The second-order valence-electron chi connectivity index (χ2n) is 1.79. The molecular weight excluding hydrogens is 128 g/mol. The van der Waals surface area contributed by atoms with Gasteiger partial charge in [-0.3, -0.25) is 0 Å². The summed E-state index contributed by atoms with van der Waals surface area (Å²) in [6.07, 6.45) is 5.79. The van der Waals surface area contributed by atoms with Gasteiger partial charge in [-0.05, 0) is 0 Å². The zero-order valence-electron chi connectivity index (χ0n) is 6.14. The fraction of sp³-hybridized carbons (Fsp3) is 0.875. The summed E-state index contributed by atoms with van der Waals surface area (Å²) in [5, 5.41) is 0. The molecule has 0 spiro atoms. The molecule has 0 unspecified atom stereocenters. The number of rotatable bonds is 3. The lowest BCUT2D eigenvalue weighted by Gasteiger charge is -1.86. The molecule has 62 valence electrons. The van der Waals surface area contributed by atoms with Crippen LogP contribution in [0, 0.1) is 0 Å². The van der Waals surface area contributed by atoms with Crippen LogP contribution < -0.4 is 0 Å². The van der Waals surface area contributed by atoms with E-state index in [4.69, 9.17) is 9.59 Å². The maximum atomic E-state index is 8.12. The van der Waals surface area contributed by atoms with Crippen LogP contribution in [0.15, 0.2) is 0 Å². The van der Waals surface area contributed by atoms with Gasteiger partial charge in [0, 0.05) is 0 Å². The van der Waals surface area contributed by atoms with Gasteiger partial charge in [0.25, 0.3) is 0 Å². The van der Waals surface area contributed by atoms with Crippen LogP contribution in [-0.4, -0.2) is 6.15 Å². The Hall–Kier alpha value is -0.620. The average Bonchev–Trinajstić information content (AvgIpc) is 1.86. The minimum Gasteiger partial charge on any atom is -0.186 e. The molecular formula is C8H18O2. The van der Waals surface area contributed by atoms with Gasteiger partial charge in [-0.15, -0.1) is 0 Å². The lowest BCUT2D eigenvalue weighted by molar-refractivity contribution is -0.191. The zero-order chi connectivity index (χ0) is 7.54. The molecule has 0 aromatic heterocycles. The van der Waals surface area contributed by atoms with Crippen LogP contribution in [0.4, 0.5) is 0 Å². The molecule has 2 heteroatoms. The maximum absolute atomic E-state index is 8.12. The third kappa shape index (κ3) is 53.0. The van der Waals surface area contributed by atoms with Crippen molar-refractivity contribution in [3.8, 4) is 0 Å². The second kappa shape index (κ2) is 23.8. The van der Waals surface area contributed by atoms with Gasteiger partial charge in [-0.1, -0.05) is 47.0 Å². The van der Waals surface area contributed by atoms with Gasteiger partial charge in [-0.25, -0.2) is 0 Å². The molecule has 0 aliphatic heterocycles. The fourth-order valence-electron chi connectivity index (χ4n) is 0.500. The van der Waals surface area contributed by atoms with Crippen LogP contribution in [0.1, 0.15) is 47.0 Å². The van der Waals surface area contributed by atoms with Crippen LogP contribution in [0.3, 0.4) is 0 Å². The summed E-state index contributed by atoms with van der Waals surface area (Å²) >= 11 is 0. The van der Waals surface area contributed by atoms with E-state index in [0.717, 1.165) is 0 Å². The molecule has 0 N–H and O–H groups in total. The fourth-order valence-corrected chi connectivity index (χ4v) is 0.500. The molecule has 0 atom stereocenters. The standard InChI is InChI=1S/C6H14.CO2.CH4/c1-3-5-6-4-2;2-1-3;/h3-6H2,1-2H3;;1H4. The first-order chi connectivity index (χ1) is 4.33. The van der Waals surface area contributed by atoms with E-state index in [1.54, 1.807) is 0 Å². The first-order valence-electron chi connectivity index (χ1n) is 3.32. The third-order valence-corrected chi connectivity index (χ3v) is 0.957. The van der Waals surface area contributed by atoms with Gasteiger partial charge >= 0.3 is 6.15 Å². The van der Waals surface area contributed by atoms with Crippen molar-refractivity contribution < 1.29 is 9.59 Å². The molecule has 0 rings (SSSR count). The molecule has 2 nitrogen and oxygen atoms in total. The largest absolute Gasteiger partial charge is 0.373 e. The summed E-state index contributed by atoms with van der Waals surface area (Å²) in [7, 11) is 0. The molecule has 0 saturated heterocycles. The molecule has 0 aliphatic carbocycles. The lowest BCUT2D eigenvalue weighted by atomic mass is 10.2. The van der Waals surface area contributed by atoms with Crippen molar-refractivity contribution in [2.45, 2.75) is 47.0 Å². The number of hydrogen-bond donors (Lipinski definition) is 0. The molecule has 0 bridgehead atoms. The van der Waals surface area contributed by atoms with Crippen molar-refractivity contribution in [2.24, 2.45) is 0 Å². The van der Waals surface area contributed by atoms with Crippen LogP contribution in [0.25, 0.3) is 0 Å². The van der Waals surface area contributed by atoms with Gasteiger partial charge in [0.05, 0.1) is 0 Å². The van der Waals surface area contributed by atoms with Crippen LogP contribution in [0.2, 0.25) is 0 Å². The number of carbonyl (C=O) groups excluding carboxylic acids is 2. The van der Waals surface area contributed by atoms with Crippen molar-refractivity contribution in [1.82, 2.24) is 0 Å². The van der Waals surface area contributed by atoms with Crippen LogP contribution >= 0.6 is 0 Å². The van der Waals surface area contributed by atoms with E-state index in [1.807, 2.05) is 0 Å². The quantitative estimate of drug-likeness (QED) is 0.573. The van der Waals surface area contributed by atoms with E-state index in [2.05, 4.69) is 13.8 Å². The highest BCUT2D eigenvalue weighted by atomic mass is 16.2. The van der Waals surface area contributed by atoms with E-state index < -0.39 is 0 Å². The molecule has 0 heterocycles. The van der Waals surface area contributed by atoms with Gasteiger partial charge < -0.3 is 0 Å². The zero-order valence-corrected chi connectivity index (χ0v) is 6.14. The molecule has 0 amide bonds. The minimum atomic E-state index is 0. The van der Waals surface area contributed by atoms with E-state index in [9.17, 15) is 0 Å². The van der Waals surface area contributed by atoms with Crippen molar-refractivity contribution >= 4 is 6.15 Å². The van der Waals surface area contributed by atoms with Crippen LogP contribution in [-0.2, 0) is 9.59 Å². The highest BCUT2D eigenvalue weighted by Gasteiger charge is 1.75. The molecule has 0 aromatic rings. The molecule has 10 heavy (non-hydrogen) atoms. The summed E-state index contributed by atoms with van der Waals surface area (Å²) in [6.45, 7) is 4.46. The molecule has 0 aromatic carbocycles. The van der Waals surface area contributed by atoms with Crippen molar-refractivity contribution in [1.29, 1.82) is 0 Å². The van der Waals surface area contributed by atoms with Gasteiger partial charge in [-0.2, -0.15) is 9.59 Å². The summed E-state index contributed by atoms with van der Waals surface area (Å²) in [5.41, 5.74) is 0. The van der Waals surface area contributed by atoms with Gasteiger partial charge in [0.2, 0.25) is 0 Å². The van der Waals surface area contributed by atoms with Crippen LogP contribution in [0.5, 0.6) is 0 Å². The van der Waals surface area contributed by atoms with E-state index in [0.29, 0.717) is 0 Å². The minimum absolute atomic E-state index is 0. The Kier molecular flexibility index (Phi) is 38.5. The number of hydrogen-bond acceptors (Lipinski definition) is 2. The average molecular weight is 146 g/mol. The van der Waals surface area contributed by atoms with E-state index in [1.165, 1.54) is 25.7 Å². The highest BCUT2D eigenvalue weighted by molar-refractivity contribution is 5.20. The number of unbranched alkanes of at least 4 members (excludes halogenated alkanes) is 3.